The number of benzene rings is 2. The zero-order valence-electron chi connectivity index (χ0n) is 16.2. The fourth-order valence-corrected chi connectivity index (χ4v) is 4.95. The van der Waals surface area contributed by atoms with Gasteiger partial charge in [0.15, 0.2) is 5.16 Å². The van der Waals surface area contributed by atoms with Crippen molar-refractivity contribution >= 4 is 50.6 Å². The third-order valence-corrected chi connectivity index (χ3v) is 7.17. The van der Waals surface area contributed by atoms with E-state index in [-0.39, 0.29) is 32.4 Å². The van der Waals surface area contributed by atoms with E-state index in [1.54, 1.807) is 43.3 Å². The van der Waals surface area contributed by atoms with Crippen molar-refractivity contribution in [3.63, 3.8) is 0 Å². The first-order chi connectivity index (χ1) is 14.2. The SMILES string of the molecule is Cc1ccc(C)c(S(=O)(=O)c2cnc(SCC(=O)Nc3ccc(Cl)cc3)nc2N)c1. The second-order valence-corrected chi connectivity index (χ2v) is 9.78. The van der Waals surface area contributed by atoms with E-state index in [1.165, 1.54) is 6.20 Å². The number of hydrogen-bond acceptors (Lipinski definition) is 7. The first-order valence-corrected chi connectivity index (χ1v) is 11.6. The van der Waals surface area contributed by atoms with Gasteiger partial charge in [0, 0.05) is 10.7 Å². The topological polar surface area (TPSA) is 115 Å². The van der Waals surface area contributed by atoms with Crippen LogP contribution in [0.1, 0.15) is 11.1 Å². The molecule has 0 radical (unpaired) electrons. The zero-order valence-corrected chi connectivity index (χ0v) is 18.6. The summed E-state index contributed by atoms with van der Waals surface area (Å²) in [6.07, 6.45) is 1.18. The molecule has 156 valence electrons. The number of nitrogens with two attached hydrogens (primary N) is 1. The molecule has 0 unspecified atom stereocenters. The molecule has 0 atom stereocenters. The normalized spacial score (nSPS) is 11.3. The molecular weight excluding hydrogens is 444 g/mol. The molecule has 2 aromatic carbocycles. The number of amides is 1. The maximum atomic E-state index is 13.0. The molecule has 0 fully saturated rings. The highest BCUT2D eigenvalue weighted by Crippen LogP contribution is 2.28. The quantitative estimate of drug-likeness (QED) is 0.421. The molecule has 3 N–H and O–H groups in total. The Labute approximate surface area is 184 Å². The highest BCUT2D eigenvalue weighted by Gasteiger charge is 2.24. The molecule has 0 saturated heterocycles. The largest absolute Gasteiger partial charge is 0.382 e. The van der Waals surface area contributed by atoms with E-state index in [1.807, 2.05) is 13.0 Å². The summed E-state index contributed by atoms with van der Waals surface area (Å²) < 4.78 is 26.0. The molecule has 1 aromatic heterocycles. The molecule has 0 saturated carbocycles. The summed E-state index contributed by atoms with van der Waals surface area (Å²) in [6, 6.07) is 11.9. The monoisotopic (exact) mass is 462 g/mol. The molecule has 0 aliphatic heterocycles. The number of carbonyl (C=O) groups is 1. The lowest BCUT2D eigenvalue weighted by Gasteiger charge is -2.11. The highest BCUT2D eigenvalue weighted by molar-refractivity contribution is 7.99. The number of aryl methyl sites for hydroxylation is 2. The van der Waals surface area contributed by atoms with Crippen LogP contribution in [0.4, 0.5) is 11.5 Å². The molecule has 0 spiro atoms. The number of nitrogens with zero attached hydrogens (tertiary/aromatic N) is 2. The van der Waals surface area contributed by atoms with Gasteiger partial charge in [0.2, 0.25) is 15.7 Å². The number of carbonyl (C=O) groups excluding carboxylic acids is 1. The second-order valence-electron chi connectivity index (χ2n) is 6.52. The Balaban J connectivity index is 1.72. The average Bonchev–Trinajstić information content (AvgIpc) is 2.70. The summed E-state index contributed by atoms with van der Waals surface area (Å²) in [6.45, 7) is 3.53. The van der Waals surface area contributed by atoms with E-state index < -0.39 is 9.84 Å². The maximum absolute atomic E-state index is 13.0. The summed E-state index contributed by atoms with van der Waals surface area (Å²) in [5.41, 5.74) is 7.96. The minimum Gasteiger partial charge on any atom is -0.382 e. The van der Waals surface area contributed by atoms with Crippen molar-refractivity contribution in [3.8, 4) is 0 Å². The maximum Gasteiger partial charge on any atom is 0.234 e. The van der Waals surface area contributed by atoms with Crippen molar-refractivity contribution in [1.29, 1.82) is 0 Å². The van der Waals surface area contributed by atoms with Crippen LogP contribution >= 0.6 is 23.4 Å². The van der Waals surface area contributed by atoms with Gasteiger partial charge in [0.05, 0.1) is 16.8 Å². The van der Waals surface area contributed by atoms with Crippen LogP contribution in [0.5, 0.6) is 0 Å². The van der Waals surface area contributed by atoms with E-state index in [0.29, 0.717) is 16.3 Å². The van der Waals surface area contributed by atoms with Gasteiger partial charge in [-0.05, 0) is 55.3 Å². The van der Waals surface area contributed by atoms with Crippen LogP contribution < -0.4 is 11.1 Å². The summed E-state index contributed by atoms with van der Waals surface area (Å²) in [5.74, 6) is -0.395. The number of nitrogen functional groups attached to an aromatic ring is 1. The van der Waals surface area contributed by atoms with Gasteiger partial charge < -0.3 is 11.1 Å². The predicted molar refractivity (Wildman–Crippen MR) is 119 cm³/mol. The number of thioether (sulfide) groups is 1. The molecule has 0 aliphatic carbocycles. The van der Waals surface area contributed by atoms with Crippen LogP contribution in [0, 0.1) is 13.8 Å². The first-order valence-electron chi connectivity index (χ1n) is 8.80. The third-order valence-electron chi connectivity index (χ3n) is 4.14. The minimum atomic E-state index is -3.86. The zero-order chi connectivity index (χ0) is 21.9. The third kappa shape index (κ3) is 5.10. The van der Waals surface area contributed by atoms with Crippen molar-refractivity contribution < 1.29 is 13.2 Å². The van der Waals surface area contributed by atoms with Crippen LogP contribution in [-0.4, -0.2) is 30.0 Å². The number of halogens is 1. The second kappa shape index (κ2) is 9.03. The lowest BCUT2D eigenvalue weighted by molar-refractivity contribution is -0.113. The fourth-order valence-electron chi connectivity index (χ4n) is 2.62. The van der Waals surface area contributed by atoms with Crippen molar-refractivity contribution in [2.45, 2.75) is 28.8 Å². The van der Waals surface area contributed by atoms with Crippen molar-refractivity contribution in [3.05, 3.63) is 64.8 Å². The number of hydrogen-bond donors (Lipinski definition) is 2. The Morgan fingerprint density at radius 2 is 1.83 bits per heavy atom. The Morgan fingerprint density at radius 3 is 2.50 bits per heavy atom. The number of nitrogens with one attached hydrogen (secondary N) is 1. The van der Waals surface area contributed by atoms with Gasteiger partial charge >= 0.3 is 0 Å². The molecule has 1 amide bonds. The van der Waals surface area contributed by atoms with E-state index in [0.717, 1.165) is 17.3 Å². The van der Waals surface area contributed by atoms with Crippen molar-refractivity contribution in [2.75, 3.05) is 16.8 Å². The fraction of sp³-hybridized carbons (Fsp3) is 0.150. The first kappa shape index (κ1) is 22.1. The number of anilines is 2. The molecule has 0 bridgehead atoms. The van der Waals surface area contributed by atoms with Crippen molar-refractivity contribution in [1.82, 2.24) is 9.97 Å². The average molecular weight is 463 g/mol. The molecule has 3 aromatic rings. The Bertz CT molecular complexity index is 1200. The van der Waals surface area contributed by atoms with Gasteiger partial charge in [-0.15, -0.1) is 0 Å². The Kier molecular flexibility index (Phi) is 6.64. The summed E-state index contributed by atoms with van der Waals surface area (Å²) >= 11 is 6.87. The Hall–Kier alpha value is -2.62. The minimum absolute atomic E-state index is 0.0329. The molecule has 0 aliphatic rings. The summed E-state index contributed by atoms with van der Waals surface area (Å²) in [5, 5.41) is 3.50. The lowest BCUT2D eigenvalue weighted by Crippen LogP contribution is -2.14. The van der Waals surface area contributed by atoms with Gasteiger partial charge in [-0.25, -0.2) is 18.4 Å². The molecule has 7 nitrogen and oxygen atoms in total. The van der Waals surface area contributed by atoms with Crippen LogP contribution in [0.25, 0.3) is 0 Å². The van der Waals surface area contributed by atoms with Gasteiger partial charge in [0.1, 0.15) is 10.7 Å². The number of aromatic nitrogens is 2. The standard InChI is InChI=1S/C20H19ClN4O3S2/c1-12-3-4-13(2)16(9-12)30(27,28)17-10-23-20(25-19(17)22)29-11-18(26)24-15-7-5-14(21)6-8-15/h3-10H,11H2,1-2H3,(H,24,26)(H2,22,23,25). The van der Waals surface area contributed by atoms with Gasteiger partial charge in [-0.1, -0.05) is 35.5 Å². The van der Waals surface area contributed by atoms with E-state index in [2.05, 4.69) is 15.3 Å². The molecule has 30 heavy (non-hydrogen) atoms. The Morgan fingerprint density at radius 1 is 1.13 bits per heavy atom. The van der Waals surface area contributed by atoms with Gasteiger partial charge in [0.25, 0.3) is 0 Å². The van der Waals surface area contributed by atoms with E-state index in [4.69, 9.17) is 17.3 Å². The van der Waals surface area contributed by atoms with Crippen LogP contribution in [0.3, 0.4) is 0 Å². The molecule has 3 rings (SSSR count). The van der Waals surface area contributed by atoms with Gasteiger partial charge in [-0.2, -0.15) is 0 Å². The highest BCUT2D eigenvalue weighted by atomic mass is 35.5. The molecule has 1 heterocycles. The van der Waals surface area contributed by atoms with Crippen LogP contribution in [0.15, 0.2) is 63.6 Å². The summed E-state index contributed by atoms with van der Waals surface area (Å²) in [7, 11) is -3.86. The smallest absolute Gasteiger partial charge is 0.234 e. The van der Waals surface area contributed by atoms with Crippen molar-refractivity contribution in [2.24, 2.45) is 0 Å². The number of sulfone groups is 1. The molecular formula is C20H19ClN4O3S2. The molecule has 10 heteroatoms. The lowest BCUT2D eigenvalue weighted by atomic mass is 10.2. The van der Waals surface area contributed by atoms with E-state index >= 15 is 0 Å². The number of rotatable bonds is 6. The van der Waals surface area contributed by atoms with Crippen LogP contribution in [-0.2, 0) is 14.6 Å². The predicted octanol–water partition coefficient (Wildman–Crippen LogP) is 3.89. The van der Waals surface area contributed by atoms with Crippen LogP contribution in [0.2, 0.25) is 5.02 Å². The van der Waals surface area contributed by atoms with Gasteiger partial charge in [-0.3, -0.25) is 4.79 Å². The van der Waals surface area contributed by atoms with E-state index in [9.17, 15) is 13.2 Å². The summed E-state index contributed by atoms with van der Waals surface area (Å²) in [4.78, 5) is 20.2.